The van der Waals surface area contributed by atoms with E-state index in [9.17, 15) is 0 Å². The predicted molar refractivity (Wildman–Crippen MR) is 85.4 cm³/mol. The van der Waals surface area contributed by atoms with Gasteiger partial charge in [0.1, 0.15) is 0 Å². The molecule has 0 N–H and O–H groups in total. The molecular weight excluding hydrogens is 240 g/mol. The van der Waals surface area contributed by atoms with Crippen molar-refractivity contribution in [2.75, 3.05) is 0 Å². The third-order valence-corrected chi connectivity index (χ3v) is 7.87. The third-order valence-electron chi connectivity index (χ3n) is 7.87. The van der Waals surface area contributed by atoms with Crippen LogP contribution in [0.15, 0.2) is 0 Å². The molecule has 0 heteroatoms. The van der Waals surface area contributed by atoms with Crippen molar-refractivity contribution in [3.05, 3.63) is 0 Å². The highest BCUT2D eigenvalue weighted by Gasteiger charge is 2.52. The Kier molecular flexibility index (Phi) is 3.43. The average Bonchev–Trinajstić information content (AvgIpc) is 2.37. The second-order valence-electron chi connectivity index (χ2n) is 9.50. The highest BCUT2D eigenvalue weighted by Crippen LogP contribution is 2.61. The Morgan fingerprint density at radius 1 is 0.750 bits per heavy atom. The molecule has 20 heavy (non-hydrogen) atoms. The van der Waals surface area contributed by atoms with Gasteiger partial charge in [-0.1, -0.05) is 27.2 Å². The first-order chi connectivity index (χ1) is 9.61. The molecule has 5 rings (SSSR count). The highest BCUT2D eigenvalue weighted by molar-refractivity contribution is 5.02. The Morgan fingerprint density at radius 2 is 1.35 bits per heavy atom. The van der Waals surface area contributed by atoms with Crippen LogP contribution in [-0.4, -0.2) is 0 Å². The van der Waals surface area contributed by atoms with E-state index in [1.807, 2.05) is 0 Å². The Bertz CT molecular complexity index is 327. The maximum Gasteiger partial charge on any atom is -0.0326 e. The monoisotopic (exact) mass is 274 g/mol. The fourth-order valence-corrected chi connectivity index (χ4v) is 7.39. The Labute approximate surface area is 126 Å². The van der Waals surface area contributed by atoms with Crippen LogP contribution in [0.4, 0.5) is 0 Å². The van der Waals surface area contributed by atoms with Gasteiger partial charge in [-0.15, -0.1) is 0 Å². The summed E-state index contributed by atoms with van der Waals surface area (Å²) in [5.74, 6) is 9.78. The molecule has 0 aromatic rings. The maximum atomic E-state index is 2.53. The summed E-state index contributed by atoms with van der Waals surface area (Å²) in [6.07, 6.45) is 12.7. The van der Waals surface area contributed by atoms with Crippen molar-refractivity contribution in [2.45, 2.75) is 72.1 Å². The summed E-state index contributed by atoms with van der Waals surface area (Å²) < 4.78 is 0. The first-order valence-electron chi connectivity index (χ1n) is 9.61. The van der Waals surface area contributed by atoms with E-state index in [-0.39, 0.29) is 0 Å². The minimum atomic E-state index is 0.921. The van der Waals surface area contributed by atoms with Gasteiger partial charge in [0, 0.05) is 0 Å². The number of rotatable bonds is 2. The van der Waals surface area contributed by atoms with Crippen LogP contribution in [0.1, 0.15) is 72.1 Å². The van der Waals surface area contributed by atoms with E-state index in [1.165, 1.54) is 12.8 Å². The van der Waals surface area contributed by atoms with Crippen molar-refractivity contribution in [3.8, 4) is 0 Å². The van der Waals surface area contributed by atoms with Gasteiger partial charge in [0.25, 0.3) is 0 Å². The van der Waals surface area contributed by atoms with Crippen molar-refractivity contribution in [1.29, 1.82) is 0 Å². The fourth-order valence-electron chi connectivity index (χ4n) is 7.39. The van der Waals surface area contributed by atoms with Crippen molar-refractivity contribution >= 4 is 0 Å². The van der Waals surface area contributed by atoms with Crippen LogP contribution in [0.2, 0.25) is 0 Å². The lowest BCUT2D eigenvalue weighted by Gasteiger charge is -2.59. The van der Waals surface area contributed by atoms with Crippen LogP contribution in [0.5, 0.6) is 0 Å². The summed E-state index contributed by atoms with van der Waals surface area (Å²) in [6.45, 7) is 7.53. The molecule has 0 aromatic carbocycles. The smallest absolute Gasteiger partial charge is 0.0326 e. The van der Waals surface area contributed by atoms with Crippen LogP contribution in [0.25, 0.3) is 0 Å². The van der Waals surface area contributed by atoms with E-state index in [0.717, 1.165) is 53.3 Å². The normalized spacial score (nSPS) is 54.6. The van der Waals surface area contributed by atoms with E-state index in [2.05, 4.69) is 20.8 Å². The second-order valence-corrected chi connectivity index (χ2v) is 9.50. The second kappa shape index (κ2) is 5.03. The van der Waals surface area contributed by atoms with Gasteiger partial charge in [0.05, 0.1) is 0 Å². The third kappa shape index (κ3) is 2.17. The van der Waals surface area contributed by atoms with Gasteiger partial charge in [-0.05, 0) is 98.2 Å². The maximum absolute atomic E-state index is 2.53. The van der Waals surface area contributed by atoms with Gasteiger partial charge in [0.15, 0.2) is 0 Å². The van der Waals surface area contributed by atoms with Gasteiger partial charge in [0.2, 0.25) is 0 Å². The Balaban J connectivity index is 1.58. The van der Waals surface area contributed by atoms with Gasteiger partial charge < -0.3 is 0 Å². The minimum Gasteiger partial charge on any atom is -0.0625 e. The summed E-state index contributed by atoms with van der Waals surface area (Å²) in [4.78, 5) is 0. The molecule has 0 heterocycles. The molecular formula is C20H34. The molecule has 5 aliphatic rings. The topological polar surface area (TPSA) is 0 Å². The fraction of sp³-hybridized carbons (Fsp3) is 1.00. The molecule has 3 unspecified atom stereocenters. The Hall–Kier alpha value is 0. The molecule has 0 spiro atoms. The molecule has 4 bridgehead atoms. The molecule has 0 aromatic heterocycles. The summed E-state index contributed by atoms with van der Waals surface area (Å²) in [5, 5.41) is 0. The van der Waals surface area contributed by atoms with Crippen molar-refractivity contribution in [2.24, 2.45) is 53.3 Å². The molecule has 0 amide bonds. The minimum absolute atomic E-state index is 0.921. The van der Waals surface area contributed by atoms with Gasteiger partial charge >= 0.3 is 0 Å². The van der Waals surface area contributed by atoms with E-state index in [4.69, 9.17) is 0 Å². The van der Waals surface area contributed by atoms with E-state index >= 15 is 0 Å². The van der Waals surface area contributed by atoms with Crippen molar-refractivity contribution in [1.82, 2.24) is 0 Å². The quantitative estimate of drug-likeness (QED) is 0.600. The number of hydrogen-bond donors (Lipinski definition) is 0. The zero-order valence-electron chi connectivity index (χ0n) is 13.9. The largest absolute Gasteiger partial charge is 0.0625 e. The molecule has 0 radical (unpaired) electrons. The van der Waals surface area contributed by atoms with Gasteiger partial charge in [-0.2, -0.15) is 0 Å². The lowest BCUT2D eigenvalue weighted by molar-refractivity contribution is -0.0898. The van der Waals surface area contributed by atoms with Gasteiger partial charge in [-0.25, -0.2) is 0 Å². The lowest BCUT2D eigenvalue weighted by Crippen LogP contribution is -2.50. The zero-order chi connectivity index (χ0) is 13.9. The SMILES string of the molecule is CC1CCC(C(C)C)C(C2C3CC4CC(C3)CC2C4)C1. The molecule has 0 aliphatic heterocycles. The summed E-state index contributed by atoms with van der Waals surface area (Å²) in [6, 6.07) is 0. The first-order valence-corrected chi connectivity index (χ1v) is 9.61. The molecule has 3 atom stereocenters. The first kappa shape index (κ1) is 13.6. The van der Waals surface area contributed by atoms with E-state index in [1.54, 1.807) is 38.5 Å². The van der Waals surface area contributed by atoms with Crippen LogP contribution in [0.3, 0.4) is 0 Å². The van der Waals surface area contributed by atoms with E-state index < -0.39 is 0 Å². The lowest BCUT2D eigenvalue weighted by atomic mass is 9.47. The summed E-state index contributed by atoms with van der Waals surface area (Å²) >= 11 is 0. The van der Waals surface area contributed by atoms with Crippen LogP contribution in [-0.2, 0) is 0 Å². The molecule has 0 nitrogen and oxygen atoms in total. The van der Waals surface area contributed by atoms with Crippen LogP contribution < -0.4 is 0 Å². The van der Waals surface area contributed by atoms with Crippen molar-refractivity contribution < 1.29 is 0 Å². The molecule has 5 fully saturated rings. The van der Waals surface area contributed by atoms with Gasteiger partial charge in [-0.3, -0.25) is 0 Å². The van der Waals surface area contributed by atoms with E-state index in [0.29, 0.717) is 0 Å². The molecule has 5 saturated carbocycles. The predicted octanol–water partition coefficient (Wildman–Crippen LogP) is 5.77. The molecule has 5 aliphatic carbocycles. The average molecular weight is 274 g/mol. The van der Waals surface area contributed by atoms with Crippen LogP contribution >= 0.6 is 0 Å². The molecule has 114 valence electrons. The summed E-state index contributed by atoms with van der Waals surface area (Å²) in [7, 11) is 0. The standard InChI is InChI=1S/C20H34/c1-12(2)18-5-4-13(3)6-19(18)20-16-8-14-7-15(10-16)11-17(20)9-14/h12-20H,4-11H2,1-3H3. The number of hydrogen-bond acceptors (Lipinski definition) is 0. The van der Waals surface area contributed by atoms with Crippen molar-refractivity contribution in [3.63, 3.8) is 0 Å². The Morgan fingerprint density at radius 3 is 1.90 bits per heavy atom. The molecule has 0 saturated heterocycles. The highest BCUT2D eigenvalue weighted by atomic mass is 14.6. The zero-order valence-corrected chi connectivity index (χ0v) is 13.9. The summed E-state index contributed by atoms with van der Waals surface area (Å²) in [5.41, 5.74) is 0. The van der Waals surface area contributed by atoms with Crippen LogP contribution in [0, 0.1) is 53.3 Å².